The van der Waals surface area contributed by atoms with Gasteiger partial charge in [-0.15, -0.1) is 0 Å². The fourth-order valence-corrected chi connectivity index (χ4v) is 3.66. The zero-order chi connectivity index (χ0) is 11.4. The molecule has 94 valence electrons. The molecule has 1 saturated heterocycles. The second-order valence-electron chi connectivity index (χ2n) is 5.76. The third kappa shape index (κ3) is 2.78. The normalized spacial score (nSPS) is 33.4. The Morgan fingerprint density at radius 2 is 1.94 bits per heavy atom. The van der Waals surface area contributed by atoms with E-state index in [0.717, 1.165) is 24.4 Å². The molecular weight excluding hydrogens is 196 g/mol. The van der Waals surface area contributed by atoms with Crippen molar-refractivity contribution in [3.05, 3.63) is 0 Å². The molecule has 2 aliphatic rings. The van der Waals surface area contributed by atoms with E-state index in [-0.39, 0.29) is 0 Å². The van der Waals surface area contributed by atoms with Crippen molar-refractivity contribution in [1.29, 1.82) is 0 Å². The topological polar surface area (TPSA) is 29.3 Å². The summed E-state index contributed by atoms with van der Waals surface area (Å²) < 4.78 is 0. The maximum Gasteiger partial charge on any atom is 0.0124 e. The molecule has 3 atom stereocenters. The molecule has 0 aromatic heterocycles. The van der Waals surface area contributed by atoms with Crippen molar-refractivity contribution < 1.29 is 0 Å². The van der Waals surface area contributed by atoms with E-state index in [2.05, 4.69) is 11.8 Å². The third-order valence-electron chi connectivity index (χ3n) is 4.76. The highest BCUT2D eigenvalue weighted by atomic mass is 15.2. The molecule has 2 heteroatoms. The van der Waals surface area contributed by atoms with Gasteiger partial charge in [-0.3, -0.25) is 4.90 Å². The molecule has 1 aliphatic carbocycles. The predicted molar refractivity (Wildman–Crippen MR) is 69.4 cm³/mol. The summed E-state index contributed by atoms with van der Waals surface area (Å²) in [6, 6.07) is 0.906. The lowest BCUT2D eigenvalue weighted by atomic mass is 9.78. The van der Waals surface area contributed by atoms with Gasteiger partial charge in [-0.2, -0.15) is 0 Å². The Bertz CT molecular complexity index is 199. The zero-order valence-corrected chi connectivity index (χ0v) is 10.8. The van der Waals surface area contributed by atoms with Crippen molar-refractivity contribution in [3.8, 4) is 0 Å². The lowest BCUT2D eigenvalue weighted by molar-refractivity contribution is 0.0484. The molecule has 0 spiro atoms. The van der Waals surface area contributed by atoms with Crippen LogP contribution in [0.25, 0.3) is 0 Å². The molecule has 0 bridgehead atoms. The van der Waals surface area contributed by atoms with E-state index in [9.17, 15) is 0 Å². The van der Waals surface area contributed by atoms with E-state index < -0.39 is 0 Å². The first kappa shape index (κ1) is 12.4. The third-order valence-corrected chi connectivity index (χ3v) is 4.76. The van der Waals surface area contributed by atoms with Crippen molar-refractivity contribution in [2.45, 2.75) is 57.9 Å². The summed E-state index contributed by atoms with van der Waals surface area (Å²) in [5.41, 5.74) is 5.84. The van der Waals surface area contributed by atoms with Crippen LogP contribution >= 0.6 is 0 Å². The average molecular weight is 224 g/mol. The quantitative estimate of drug-likeness (QED) is 0.795. The van der Waals surface area contributed by atoms with Crippen LogP contribution in [0.3, 0.4) is 0 Å². The van der Waals surface area contributed by atoms with Crippen LogP contribution in [0, 0.1) is 11.8 Å². The van der Waals surface area contributed by atoms with Crippen LogP contribution in [0.15, 0.2) is 0 Å². The summed E-state index contributed by atoms with van der Waals surface area (Å²) in [4.78, 5) is 2.77. The first-order valence-electron chi connectivity index (χ1n) is 7.29. The highest BCUT2D eigenvalue weighted by Gasteiger charge is 2.33. The van der Waals surface area contributed by atoms with Crippen molar-refractivity contribution in [3.63, 3.8) is 0 Å². The maximum absolute atomic E-state index is 5.84. The molecule has 2 nitrogen and oxygen atoms in total. The fourth-order valence-electron chi connectivity index (χ4n) is 3.66. The fraction of sp³-hybridized carbons (Fsp3) is 1.00. The van der Waals surface area contributed by atoms with Crippen LogP contribution in [0.4, 0.5) is 0 Å². The number of piperidine rings is 1. The zero-order valence-electron chi connectivity index (χ0n) is 10.8. The summed E-state index contributed by atoms with van der Waals surface area (Å²) in [7, 11) is 0. The average Bonchev–Trinajstić information content (AvgIpc) is 2.36. The van der Waals surface area contributed by atoms with E-state index in [1.807, 2.05) is 0 Å². The van der Waals surface area contributed by atoms with Crippen LogP contribution in [0.2, 0.25) is 0 Å². The smallest absolute Gasteiger partial charge is 0.0124 e. The molecule has 1 heterocycles. The van der Waals surface area contributed by atoms with Gasteiger partial charge in [-0.05, 0) is 50.6 Å². The molecule has 2 fully saturated rings. The van der Waals surface area contributed by atoms with Gasteiger partial charge in [0.15, 0.2) is 0 Å². The minimum atomic E-state index is 0.723. The maximum atomic E-state index is 5.84. The Labute approximate surface area is 101 Å². The first-order chi connectivity index (χ1) is 7.85. The Balaban J connectivity index is 1.91. The van der Waals surface area contributed by atoms with Crippen molar-refractivity contribution in [2.24, 2.45) is 17.6 Å². The van der Waals surface area contributed by atoms with Gasteiger partial charge < -0.3 is 5.73 Å². The second-order valence-corrected chi connectivity index (χ2v) is 5.76. The summed E-state index contributed by atoms with van der Waals surface area (Å²) in [6.45, 7) is 5.73. The van der Waals surface area contributed by atoms with Gasteiger partial charge in [0, 0.05) is 12.6 Å². The minimum absolute atomic E-state index is 0.723. The molecule has 0 aromatic carbocycles. The number of likely N-dealkylation sites (tertiary alicyclic amines) is 1. The molecule has 0 aromatic rings. The Hall–Kier alpha value is -0.0800. The molecule has 0 radical (unpaired) electrons. The van der Waals surface area contributed by atoms with Gasteiger partial charge in [0.05, 0.1) is 0 Å². The second kappa shape index (κ2) is 6.02. The number of fused-ring (bicyclic) bond motifs is 1. The molecule has 2 N–H and O–H groups in total. The van der Waals surface area contributed by atoms with Gasteiger partial charge in [0.25, 0.3) is 0 Å². The van der Waals surface area contributed by atoms with E-state index in [1.165, 1.54) is 58.0 Å². The van der Waals surface area contributed by atoms with Crippen LogP contribution in [-0.4, -0.2) is 30.6 Å². The molecule has 16 heavy (non-hydrogen) atoms. The molecule has 2 rings (SSSR count). The van der Waals surface area contributed by atoms with Crippen LogP contribution < -0.4 is 5.73 Å². The highest BCUT2D eigenvalue weighted by molar-refractivity contribution is 4.88. The van der Waals surface area contributed by atoms with Gasteiger partial charge in [-0.25, -0.2) is 0 Å². The van der Waals surface area contributed by atoms with Crippen molar-refractivity contribution >= 4 is 0 Å². The van der Waals surface area contributed by atoms with Gasteiger partial charge in [-0.1, -0.05) is 26.2 Å². The summed E-state index contributed by atoms with van der Waals surface area (Å²) in [5.74, 6) is 1.73. The number of nitrogens with two attached hydrogens (primary N) is 1. The Kier molecular flexibility index (Phi) is 4.66. The minimum Gasteiger partial charge on any atom is -0.330 e. The molecule has 1 aliphatic heterocycles. The Morgan fingerprint density at radius 1 is 1.19 bits per heavy atom. The molecular formula is C14H28N2. The summed E-state index contributed by atoms with van der Waals surface area (Å²) >= 11 is 0. The van der Waals surface area contributed by atoms with E-state index >= 15 is 0 Å². The number of nitrogens with zero attached hydrogens (tertiary/aromatic N) is 1. The Morgan fingerprint density at radius 3 is 2.69 bits per heavy atom. The molecule has 3 unspecified atom stereocenters. The SMILES string of the molecule is CCC(CN)CN1CCCC2CCCCC21. The number of rotatable bonds is 4. The van der Waals surface area contributed by atoms with Crippen LogP contribution in [0.1, 0.15) is 51.9 Å². The molecule has 1 saturated carbocycles. The summed E-state index contributed by atoms with van der Waals surface area (Å²) in [5, 5.41) is 0. The number of hydrogen-bond donors (Lipinski definition) is 1. The predicted octanol–water partition coefficient (Wildman–Crippen LogP) is 2.63. The van der Waals surface area contributed by atoms with Crippen LogP contribution in [0.5, 0.6) is 0 Å². The van der Waals surface area contributed by atoms with E-state index in [1.54, 1.807) is 0 Å². The highest BCUT2D eigenvalue weighted by Crippen LogP contribution is 2.35. The summed E-state index contributed by atoms with van der Waals surface area (Å²) in [6.07, 6.45) is 10.0. The van der Waals surface area contributed by atoms with E-state index in [4.69, 9.17) is 5.73 Å². The first-order valence-corrected chi connectivity index (χ1v) is 7.29. The largest absolute Gasteiger partial charge is 0.330 e. The van der Waals surface area contributed by atoms with Gasteiger partial charge >= 0.3 is 0 Å². The monoisotopic (exact) mass is 224 g/mol. The lowest BCUT2D eigenvalue weighted by Crippen LogP contribution is -2.49. The van der Waals surface area contributed by atoms with E-state index in [0.29, 0.717) is 0 Å². The number of hydrogen-bond acceptors (Lipinski definition) is 2. The van der Waals surface area contributed by atoms with Gasteiger partial charge in [0.1, 0.15) is 0 Å². The van der Waals surface area contributed by atoms with Crippen LogP contribution in [-0.2, 0) is 0 Å². The lowest BCUT2D eigenvalue weighted by Gasteiger charge is -2.45. The van der Waals surface area contributed by atoms with Gasteiger partial charge in [0.2, 0.25) is 0 Å². The molecule has 0 amide bonds. The standard InChI is InChI=1S/C14H28N2/c1-2-12(10-15)11-16-9-5-7-13-6-3-4-8-14(13)16/h12-14H,2-11,15H2,1H3. The van der Waals surface area contributed by atoms with Crippen molar-refractivity contribution in [2.75, 3.05) is 19.6 Å². The van der Waals surface area contributed by atoms with Crippen molar-refractivity contribution in [1.82, 2.24) is 4.90 Å².